The smallest absolute Gasteiger partial charge is 0.305 e. The third-order valence-electron chi connectivity index (χ3n) is 5.67. The standard InChI is InChI=1S/C25H49NO3/c1-2-3-4-5-6-7-8-9-10-11-12-13-14-15-16-17-18-19-20-21-24(27)26-23-22-25(28)29/h2-23H2,1H3,(H,26,27)(H,28,29). The summed E-state index contributed by atoms with van der Waals surface area (Å²) >= 11 is 0. The van der Waals surface area contributed by atoms with E-state index in [-0.39, 0.29) is 18.9 Å². The molecule has 172 valence electrons. The summed E-state index contributed by atoms with van der Waals surface area (Å²) in [7, 11) is 0. The topological polar surface area (TPSA) is 66.4 Å². The maximum atomic E-state index is 11.5. The van der Waals surface area contributed by atoms with E-state index in [4.69, 9.17) is 5.11 Å². The van der Waals surface area contributed by atoms with Gasteiger partial charge in [-0.25, -0.2) is 0 Å². The lowest BCUT2D eigenvalue weighted by Gasteiger charge is -2.04. The summed E-state index contributed by atoms with van der Waals surface area (Å²) in [6, 6.07) is 0. The normalized spacial score (nSPS) is 10.9. The fourth-order valence-electron chi connectivity index (χ4n) is 3.76. The van der Waals surface area contributed by atoms with E-state index in [0.717, 1.165) is 12.8 Å². The molecular formula is C25H49NO3. The van der Waals surface area contributed by atoms with Gasteiger partial charge in [0.1, 0.15) is 0 Å². The van der Waals surface area contributed by atoms with Gasteiger partial charge in [-0.05, 0) is 6.42 Å². The van der Waals surface area contributed by atoms with Crippen LogP contribution in [-0.2, 0) is 9.59 Å². The van der Waals surface area contributed by atoms with E-state index < -0.39 is 5.97 Å². The fourth-order valence-corrected chi connectivity index (χ4v) is 3.76. The zero-order chi connectivity index (χ0) is 21.4. The summed E-state index contributed by atoms with van der Waals surface area (Å²) < 4.78 is 0. The second-order valence-electron chi connectivity index (χ2n) is 8.61. The molecule has 29 heavy (non-hydrogen) atoms. The van der Waals surface area contributed by atoms with Crippen LogP contribution in [0.4, 0.5) is 0 Å². The highest BCUT2D eigenvalue weighted by Gasteiger charge is 2.02. The minimum atomic E-state index is -0.867. The van der Waals surface area contributed by atoms with Crippen molar-refractivity contribution in [3.05, 3.63) is 0 Å². The van der Waals surface area contributed by atoms with E-state index in [1.54, 1.807) is 0 Å². The summed E-state index contributed by atoms with van der Waals surface area (Å²) in [6.45, 7) is 2.52. The second-order valence-corrected chi connectivity index (χ2v) is 8.61. The van der Waals surface area contributed by atoms with Gasteiger partial charge in [-0.1, -0.05) is 122 Å². The Bertz CT molecular complexity index is 371. The van der Waals surface area contributed by atoms with Gasteiger partial charge in [0.05, 0.1) is 6.42 Å². The molecular weight excluding hydrogens is 362 g/mol. The number of hydrogen-bond donors (Lipinski definition) is 2. The van der Waals surface area contributed by atoms with Crippen molar-refractivity contribution < 1.29 is 14.7 Å². The predicted molar refractivity (Wildman–Crippen MR) is 123 cm³/mol. The Labute approximate surface area is 180 Å². The molecule has 0 fully saturated rings. The number of rotatable bonds is 23. The van der Waals surface area contributed by atoms with Crippen molar-refractivity contribution in [3.63, 3.8) is 0 Å². The van der Waals surface area contributed by atoms with Gasteiger partial charge in [0, 0.05) is 13.0 Å². The van der Waals surface area contributed by atoms with Gasteiger partial charge in [-0.15, -0.1) is 0 Å². The Morgan fingerprint density at radius 3 is 1.24 bits per heavy atom. The largest absolute Gasteiger partial charge is 0.481 e. The quantitative estimate of drug-likeness (QED) is 0.172. The van der Waals surface area contributed by atoms with Gasteiger partial charge in [0.15, 0.2) is 0 Å². The molecule has 0 aromatic heterocycles. The minimum Gasteiger partial charge on any atom is -0.481 e. The predicted octanol–water partition coefficient (Wildman–Crippen LogP) is 7.40. The average Bonchev–Trinajstić information content (AvgIpc) is 2.69. The summed E-state index contributed by atoms with van der Waals surface area (Å²) in [5.74, 6) is -0.882. The number of unbranched alkanes of at least 4 members (excludes halogenated alkanes) is 18. The maximum Gasteiger partial charge on any atom is 0.305 e. The van der Waals surface area contributed by atoms with Gasteiger partial charge in [0.2, 0.25) is 5.91 Å². The molecule has 0 atom stereocenters. The lowest BCUT2D eigenvalue weighted by atomic mass is 10.0. The van der Waals surface area contributed by atoms with Crippen molar-refractivity contribution in [1.29, 1.82) is 0 Å². The Hall–Kier alpha value is -1.06. The number of carboxylic acid groups (broad SMARTS) is 1. The third-order valence-corrected chi connectivity index (χ3v) is 5.67. The molecule has 0 aliphatic rings. The Morgan fingerprint density at radius 1 is 0.552 bits per heavy atom. The van der Waals surface area contributed by atoms with E-state index in [1.807, 2.05) is 0 Å². The molecule has 0 aliphatic heterocycles. The number of nitrogens with one attached hydrogen (secondary N) is 1. The van der Waals surface area contributed by atoms with Crippen molar-refractivity contribution >= 4 is 11.9 Å². The van der Waals surface area contributed by atoms with Gasteiger partial charge in [0.25, 0.3) is 0 Å². The van der Waals surface area contributed by atoms with Crippen LogP contribution < -0.4 is 5.32 Å². The molecule has 2 N–H and O–H groups in total. The SMILES string of the molecule is CCCCCCCCCCCCCCCCCCCCCC(=O)NCCC(=O)O. The molecule has 0 bridgehead atoms. The first-order valence-corrected chi connectivity index (χ1v) is 12.6. The summed E-state index contributed by atoms with van der Waals surface area (Å²) in [4.78, 5) is 21.9. The van der Waals surface area contributed by atoms with Gasteiger partial charge < -0.3 is 10.4 Å². The van der Waals surface area contributed by atoms with Crippen molar-refractivity contribution in [2.24, 2.45) is 0 Å². The number of carboxylic acids is 1. The molecule has 4 heteroatoms. The summed E-state index contributed by atoms with van der Waals surface area (Å²) in [6.07, 6.45) is 26.1. The first-order chi connectivity index (χ1) is 14.2. The van der Waals surface area contributed by atoms with Gasteiger partial charge in [-0.2, -0.15) is 0 Å². The first-order valence-electron chi connectivity index (χ1n) is 12.6. The summed E-state index contributed by atoms with van der Waals surface area (Å²) in [5.41, 5.74) is 0. The second kappa shape index (κ2) is 23.2. The highest BCUT2D eigenvalue weighted by atomic mass is 16.4. The molecule has 0 spiro atoms. The van der Waals surface area contributed by atoms with Crippen LogP contribution in [0.25, 0.3) is 0 Å². The first kappa shape index (κ1) is 27.9. The highest BCUT2D eigenvalue weighted by molar-refractivity contribution is 5.76. The van der Waals surface area contributed by atoms with Crippen LogP contribution >= 0.6 is 0 Å². The fraction of sp³-hybridized carbons (Fsp3) is 0.920. The average molecular weight is 412 g/mol. The summed E-state index contributed by atoms with van der Waals surface area (Å²) in [5, 5.41) is 11.2. The van der Waals surface area contributed by atoms with E-state index in [9.17, 15) is 9.59 Å². The molecule has 0 unspecified atom stereocenters. The van der Waals surface area contributed by atoms with Crippen molar-refractivity contribution in [2.75, 3.05) is 6.54 Å². The van der Waals surface area contributed by atoms with E-state index in [2.05, 4.69) is 12.2 Å². The Morgan fingerprint density at radius 2 is 0.897 bits per heavy atom. The van der Waals surface area contributed by atoms with Crippen molar-refractivity contribution in [2.45, 2.75) is 142 Å². The van der Waals surface area contributed by atoms with Crippen molar-refractivity contribution in [1.82, 2.24) is 5.32 Å². The van der Waals surface area contributed by atoms with Gasteiger partial charge >= 0.3 is 5.97 Å². The monoisotopic (exact) mass is 411 g/mol. The van der Waals surface area contributed by atoms with Gasteiger partial charge in [-0.3, -0.25) is 9.59 Å². The molecule has 4 nitrogen and oxygen atoms in total. The number of carbonyl (C=O) groups excluding carboxylic acids is 1. The van der Waals surface area contributed by atoms with Crippen LogP contribution in [0.2, 0.25) is 0 Å². The zero-order valence-electron chi connectivity index (χ0n) is 19.3. The van der Waals surface area contributed by atoms with E-state index in [0.29, 0.717) is 6.42 Å². The van der Waals surface area contributed by atoms with E-state index >= 15 is 0 Å². The molecule has 0 saturated carbocycles. The molecule has 0 saturated heterocycles. The number of aliphatic carboxylic acids is 1. The molecule has 1 amide bonds. The third kappa shape index (κ3) is 24.9. The lowest BCUT2D eigenvalue weighted by molar-refractivity contribution is -0.136. The van der Waals surface area contributed by atoms with Crippen LogP contribution in [-0.4, -0.2) is 23.5 Å². The highest BCUT2D eigenvalue weighted by Crippen LogP contribution is 2.14. The lowest BCUT2D eigenvalue weighted by Crippen LogP contribution is -2.25. The van der Waals surface area contributed by atoms with Crippen LogP contribution in [0.3, 0.4) is 0 Å². The number of amides is 1. The molecule has 0 radical (unpaired) electrons. The number of hydrogen-bond acceptors (Lipinski definition) is 2. The van der Waals surface area contributed by atoms with Crippen LogP contribution in [0, 0.1) is 0 Å². The minimum absolute atomic E-state index is 0.00489. The Kier molecular flexibility index (Phi) is 22.4. The number of carbonyl (C=O) groups is 2. The van der Waals surface area contributed by atoms with Crippen LogP contribution in [0.5, 0.6) is 0 Å². The molecule has 0 aromatic rings. The Balaban J connectivity index is 3.10. The van der Waals surface area contributed by atoms with Crippen LogP contribution in [0.15, 0.2) is 0 Å². The molecule has 0 heterocycles. The zero-order valence-corrected chi connectivity index (χ0v) is 19.3. The van der Waals surface area contributed by atoms with E-state index in [1.165, 1.54) is 109 Å². The molecule has 0 aliphatic carbocycles. The maximum absolute atomic E-state index is 11.5. The molecule has 0 aromatic carbocycles. The van der Waals surface area contributed by atoms with Crippen molar-refractivity contribution in [3.8, 4) is 0 Å². The van der Waals surface area contributed by atoms with Crippen LogP contribution in [0.1, 0.15) is 142 Å². The molecule has 0 rings (SSSR count).